The summed E-state index contributed by atoms with van der Waals surface area (Å²) in [4.78, 5) is 65.2. The lowest BCUT2D eigenvalue weighted by Gasteiger charge is -2.39. The Kier molecular flexibility index (Phi) is 17.9. The molecule has 0 spiro atoms. The molecular weight excluding hydrogens is 951 g/mol. The zero-order chi connectivity index (χ0) is 52.8. The van der Waals surface area contributed by atoms with Gasteiger partial charge >= 0.3 is 29.8 Å². The summed E-state index contributed by atoms with van der Waals surface area (Å²) in [5.41, 5.74) is 9.24. The smallest absolute Gasteiger partial charge is 0.338 e. The van der Waals surface area contributed by atoms with Crippen molar-refractivity contribution in [1.29, 1.82) is 0 Å². The van der Waals surface area contributed by atoms with E-state index in [-0.39, 0.29) is 43.1 Å². The Morgan fingerprint density at radius 2 is 0.827 bits per heavy atom. The van der Waals surface area contributed by atoms with Crippen molar-refractivity contribution in [1.82, 2.24) is 0 Å². The van der Waals surface area contributed by atoms with Crippen molar-refractivity contribution in [3.8, 4) is 22.3 Å². The number of anilines is 3. The summed E-state index contributed by atoms with van der Waals surface area (Å²) in [6.07, 6.45) is 0.476. The Hall–Kier alpha value is -7.61. The summed E-state index contributed by atoms with van der Waals surface area (Å²) in [5.74, 6) is -2.20. The molecule has 0 aliphatic carbocycles. The van der Waals surface area contributed by atoms with Gasteiger partial charge in [-0.1, -0.05) is 117 Å². The monoisotopic (exact) mass is 1020 g/mol. The molecule has 2 aliphatic rings. The maximum absolute atomic E-state index is 13.1. The van der Waals surface area contributed by atoms with Crippen molar-refractivity contribution in [2.75, 3.05) is 44.5 Å². The van der Waals surface area contributed by atoms with Gasteiger partial charge in [-0.15, -0.1) is 0 Å². The molecule has 2 atom stereocenters. The first kappa shape index (κ1) is 53.7. The molecule has 6 aromatic carbocycles. The molecule has 2 unspecified atom stereocenters. The van der Waals surface area contributed by atoms with E-state index in [1.807, 2.05) is 167 Å². The van der Waals surface area contributed by atoms with Crippen molar-refractivity contribution in [2.24, 2.45) is 10.8 Å². The Morgan fingerprint density at radius 3 is 1.19 bits per heavy atom. The minimum Gasteiger partial charge on any atom is -0.465 e. The summed E-state index contributed by atoms with van der Waals surface area (Å²) in [6, 6.07) is 48.9. The molecular formula is C62H65NO12. The molecule has 8 rings (SSSR count). The molecule has 0 saturated carbocycles. The number of carbonyl (C=O) groups is 5. The number of rotatable bonds is 24. The van der Waals surface area contributed by atoms with Crippen molar-refractivity contribution in [3.05, 3.63) is 174 Å². The van der Waals surface area contributed by atoms with Gasteiger partial charge in [0.25, 0.3) is 0 Å². The van der Waals surface area contributed by atoms with E-state index in [4.69, 9.17) is 33.2 Å². The van der Waals surface area contributed by atoms with E-state index in [0.29, 0.717) is 45.2 Å². The first-order chi connectivity index (χ1) is 36.3. The Bertz CT molecular complexity index is 2700. The van der Waals surface area contributed by atoms with Gasteiger partial charge in [-0.2, -0.15) is 0 Å². The lowest BCUT2D eigenvalue weighted by atomic mass is 9.84. The number of carbonyl (C=O) groups excluding carboxylic acids is 5. The number of hydrogen-bond acceptors (Lipinski definition) is 13. The Balaban J connectivity index is 0.908. The first-order valence-corrected chi connectivity index (χ1v) is 25.7. The van der Waals surface area contributed by atoms with Crippen LogP contribution in [0.2, 0.25) is 0 Å². The summed E-state index contributed by atoms with van der Waals surface area (Å²) in [7, 11) is 0. The minimum atomic E-state index is -0.514. The molecule has 2 fully saturated rings. The zero-order valence-corrected chi connectivity index (χ0v) is 43.1. The van der Waals surface area contributed by atoms with E-state index in [1.165, 1.54) is 0 Å². The highest BCUT2D eigenvalue weighted by molar-refractivity contribution is 5.90. The topological polar surface area (TPSA) is 153 Å². The van der Waals surface area contributed by atoms with Crippen molar-refractivity contribution in [2.45, 2.75) is 85.0 Å². The van der Waals surface area contributed by atoms with Crippen molar-refractivity contribution < 1.29 is 57.1 Å². The number of ether oxygens (including phenoxy) is 7. The van der Waals surface area contributed by atoms with Crippen molar-refractivity contribution >= 4 is 46.9 Å². The predicted molar refractivity (Wildman–Crippen MR) is 284 cm³/mol. The summed E-state index contributed by atoms with van der Waals surface area (Å²) in [6.45, 7) is 10.8. The largest absolute Gasteiger partial charge is 0.465 e. The van der Waals surface area contributed by atoms with Crippen LogP contribution in [-0.2, 0) is 58.9 Å². The van der Waals surface area contributed by atoms with Crippen LogP contribution in [0, 0.1) is 10.8 Å². The molecule has 390 valence electrons. The molecule has 0 aromatic heterocycles. The van der Waals surface area contributed by atoms with E-state index < -0.39 is 42.1 Å². The van der Waals surface area contributed by atoms with Gasteiger partial charge in [-0.05, 0) is 114 Å². The third-order valence-corrected chi connectivity index (χ3v) is 14.1. The molecule has 0 N–H and O–H groups in total. The van der Waals surface area contributed by atoms with Gasteiger partial charge in [0.1, 0.15) is 32.0 Å². The van der Waals surface area contributed by atoms with Gasteiger partial charge in [0, 0.05) is 17.1 Å². The second-order valence-corrected chi connectivity index (χ2v) is 19.6. The molecule has 13 nitrogen and oxygen atoms in total. The molecule has 0 radical (unpaired) electrons. The summed E-state index contributed by atoms with van der Waals surface area (Å²) >= 11 is 0. The third kappa shape index (κ3) is 14.2. The lowest BCUT2D eigenvalue weighted by Crippen LogP contribution is -2.46. The van der Waals surface area contributed by atoms with E-state index >= 15 is 0 Å². The second-order valence-electron chi connectivity index (χ2n) is 19.6. The highest BCUT2D eigenvalue weighted by atomic mass is 16.6. The number of hydrogen-bond donors (Lipinski definition) is 0. The standard InChI is InChI=1S/C62H65NO12/c1-5-61(37-69-38-61)41-72-56(64)32-34-58(66)74-43(3)46-12-16-48(17-13-46)50-20-26-53(27-21-50)63(55-30-24-52(25-31-55)60(68)71-36-45-10-8-7-9-11-45)54-28-22-51(23-29-54)49-18-14-47(15-19-49)44(4)75-59(67)35-33-57(65)73-42-62(6-2)39-70-40-62/h7-31,43-44H,5-6,32-42H2,1-4H3. The molecule has 2 saturated heterocycles. The fourth-order valence-electron chi connectivity index (χ4n) is 8.73. The normalized spacial score (nSPS) is 14.9. The van der Waals surface area contributed by atoms with Crippen molar-refractivity contribution in [3.63, 3.8) is 0 Å². The van der Waals surface area contributed by atoms with Crippen LogP contribution in [0.1, 0.15) is 105 Å². The van der Waals surface area contributed by atoms with Crippen LogP contribution in [0.15, 0.2) is 152 Å². The molecule has 13 heteroatoms. The molecule has 2 aliphatic heterocycles. The fourth-order valence-corrected chi connectivity index (χ4v) is 8.73. The molecule has 0 amide bonds. The van der Waals surface area contributed by atoms with Crippen LogP contribution in [0.4, 0.5) is 17.1 Å². The van der Waals surface area contributed by atoms with Gasteiger partial charge in [-0.3, -0.25) is 19.2 Å². The second kappa shape index (κ2) is 25.1. The average Bonchev–Trinajstić information content (AvgIpc) is 3.42. The van der Waals surface area contributed by atoms with E-state index in [9.17, 15) is 24.0 Å². The third-order valence-electron chi connectivity index (χ3n) is 14.1. The highest BCUT2D eigenvalue weighted by Gasteiger charge is 2.39. The average molecular weight is 1020 g/mol. The van der Waals surface area contributed by atoms with E-state index in [2.05, 4.69) is 4.90 Å². The summed E-state index contributed by atoms with van der Waals surface area (Å²) < 4.78 is 38.4. The highest BCUT2D eigenvalue weighted by Crippen LogP contribution is 2.38. The fraction of sp³-hybridized carbons (Fsp3) is 0.339. The van der Waals surface area contributed by atoms with Crippen LogP contribution >= 0.6 is 0 Å². The number of esters is 5. The van der Waals surface area contributed by atoms with Gasteiger partial charge in [0.05, 0.1) is 68.5 Å². The SMILES string of the molecule is CCC1(COC(=O)CCC(=O)OC(C)c2ccc(-c3ccc(N(c4ccc(C(=O)OCc5ccccc5)cc4)c4ccc(-c5ccc(C(C)OC(=O)CCC(=O)OCC6(CC)COC6)cc5)cc4)cc3)cc2)COC1. The van der Waals surface area contributed by atoms with Crippen LogP contribution in [-0.4, -0.2) is 69.5 Å². The summed E-state index contributed by atoms with van der Waals surface area (Å²) in [5, 5.41) is 0. The van der Waals surface area contributed by atoms with Gasteiger partial charge in [0.2, 0.25) is 0 Å². The predicted octanol–water partition coefficient (Wildman–Crippen LogP) is 12.6. The maximum atomic E-state index is 13.1. The number of benzene rings is 6. The van der Waals surface area contributed by atoms with Gasteiger partial charge < -0.3 is 38.1 Å². The van der Waals surface area contributed by atoms with Crippen LogP contribution in [0.3, 0.4) is 0 Å². The zero-order valence-electron chi connectivity index (χ0n) is 43.1. The Morgan fingerprint density at radius 1 is 0.467 bits per heavy atom. The van der Waals surface area contributed by atoms with E-state index in [1.54, 1.807) is 12.1 Å². The maximum Gasteiger partial charge on any atom is 0.338 e. The van der Waals surface area contributed by atoms with Gasteiger partial charge in [-0.25, -0.2) is 4.79 Å². The molecule has 2 heterocycles. The van der Waals surface area contributed by atoms with Crippen LogP contribution in [0.25, 0.3) is 22.3 Å². The molecule has 0 bridgehead atoms. The van der Waals surface area contributed by atoms with Crippen LogP contribution in [0.5, 0.6) is 0 Å². The van der Waals surface area contributed by atoms with E-state index in [0.717, 1.165) is 68.8 Å². The number of nitrogens with zero attached hydrogens (tertiary/aromatic N) is 1. The first-order valence-electron chi connectivity index (χ1n) is 25.7. The van der Waals surface area contributed by atoms with Gasteiger partial charge in [0.15, 0.2) is 0 Å². The minimum absolute atomic E-state index is 0.0440. The molecule has 75 heavy (non-hydrogen) atoms. The lowest BCUT2D eigenvalue weighted by molar-refractivity contribution is -0.172. The Labute approximate surface area is 439 Å². The molecule has 6 aromatic rings. The van der Waals surface area contributed by atoms with Crippen LogP contribution < -0.4 is 4.90 Å². The quantitative estimate of drug-likeness (QED) is 0.0418.